The molecule has 0 bridgehead atoms. The predicted octanol–water partition coefficient (Wildman–Crippen LogP) is 2.88. The van der Waals surface area contributed by atoms with Crippen LogP contribution in [0.25, 0.3) is 6.08 Å². The molecule has 7 nitrogen and oxygen atoms in total. The zero-order valence-electron chi connectivity index (χ0n) is 17.8. The Hall–Kier alpha value is -2.10. The lowest BCUT2D eigenvalue weighted by atomic mass is 10.1. The number of amides is 2. The van der Waals surface area contributed by atoms with Crippen LogP contribution in [-0.2, 0) is 4.79 Å². The first-order chi connectivity index (χ1) is 14.3. The number of thiophene rings is 1. The molecule has 0 aliphatic heterocycles. The van der Waals surface area contributed by atoms with E-state index in [1.54, 1.807) is 12.2 Å². The smallest absolute Gasteiger partial charge is 0.253 e. The van der Waals surface area contributed by atoms with Crippen LogP contribution >= 0.6 is 24.0 Å². The summed E-state index contributed by atoms with van der Waals surface area (Å²) in [6, 6.07) is 0.00109. The third-order valence-corrected chi connectivity index (χ3v) is 6.06. The average molecular weight is 450 g/mol. The Morgan fingerprint density at radius 2 is 2.13 bits per heavy atom. The molecule has 30 heavy (non-hydrogen) atoms. The number of aliphatic imine (C=N–C) groups is 1. The van der Waals surface area contributed by atoms with Crippen LogP contribution in [0.1, 0.15) is 42.1 Å². The van der Waals surface area contributed by atoms with Gasteiger partial charge in [0.2, 0.25) is 5.91 Å². The summed E-state index contributed by atoms with van der Waals surface area (Å²) in [5, 5.41) is 11.8. The highest BCUT2D eigenvalue weighted by atomic mass is 32.1. The lowest BCUT2D eigenvalue weighted by molar-refractivity contribution is -0.120. The van der Waals surface area contributed by atoms with Crippen molar-refractivity contribution in [2.24, 2.45) is 10.9 Å². The number of nitrogens with one attached hydrogen (secondary N) is 3. The van der Waals surface area contributed by atoms with Gasteiger partial charge in [0.25, 0.3) is 5.91 Å². The van der Waals surface area contributed by atoms with Crippen LogP contribution in [0.3, 0.4) is 0 Å². The van der Waals surface area contributed by atoms with E-state index < -0.39 is 0 Å². The monoisotopic (exact) mass is 449 g/mol. The minimum Gasteiger partial charge on any atom is -0.348 e. The maximum absolute atomic E-state index is 12.7. The summed E-state index contributed by atoms with van der Waals surface area (Å²) < 4.78 is 0. The Bertz CT molecular complexity index is 816. The normalized spacial score (nSPS) is 15.8. The predicted molar refractivity (Wildman–Crippen MR) is 130 cm³/mol. The van der Waals surface area contributed by atoms with Gasteiger partial charge in [-0.1, -0.05) is 18.7 Å². The van der Waals surface area contributed by atoms with Gasteiger partial charge in [0, 0.05) is 42.9 Å². The number of amidine groups is 1. The minimum absolute atomic E-state index is 0.00109. The van der Waals surface area contributed by atoms with Gasteiger partial charge in [-0.3, -0.25) is 9.59 Å². The van der Waals surface area contributed by atoms with Crippen molar-refractivity contribution in [3.63, 3.8) is 0 Å². The molecule has 9 heteroatoms. The molecule has 164 valence electrons. The number of rotatable bonds is 11. The second kappa shape index (κ2) is 11.3. The van der Waals surface area contributed by atoms with Crippen molar-refractivity contribution in [2.75, 3.05) is 25.5 Å². The summed E-state index contributed by atoms with van der Waals surface area (Å²) in [7, 11) is 3.74. The molecule has 1 aromatic rings. The van der Waals surface area contributed by atoms with E-state index >= 15 is 0 Å². The van der Waals surface area contributed by atoms with Crippen molar-refractivity contribution in [3.05, 3.63) is 35.7 Å². The van der Waals surface area contributed by atoms with E-state index in [4.69, 9.17) is 0 Å². The first-order valence-electron chi connectivity index (χ1n) is 9.93. The van der Waals surface area contributed by atoms with Crippen LogP contribution in [0.4, 0.5) is 5.00 Å². The van der Waals surface area contributed by atoms with Gasteiger partial charge in [-0.2, -0.15) is 0 Å². The van der Waals surface area contributed by atoms with Gasteiger partial charge in [-0.25, -0.2) is 4.99 Å². The van der Waals surface area contributed by atoms with Crippen molar-refractivity contribution >= 4 is 52.0 Å². The van der Waals surface area contributed by atoms with E-state index in [1.165, 1.54) is 11.3 Å². The molecule has 2 unspecified atom stereocenters. The Balaban J connectivity index is 2.21. The fraction of sp³-hybridized carbons (Fsp3) is 0.476. The first-order valence-corrected chi connectivity index (χ1v) is 11.3. The third-order valence-electron chi connectivity index (χ3n) is 4.74. The molecule has 0 radical (unpaired) electrons. The highest BCUT2D eigenvalue weighted by Crippen LogP contribution is 2.34. The maximum Gasteiger partial charge on any atom is 0.253 e. The number of nitrogens with zero attached hydrogens (tertiary/aromatic N) is 2. The topological polar surface area (TPSA) is 85.8 Å². The van der Waals surface area contributed by atoms with Crippen molar-refractivity contribution < 1.29 is 9.59 Å². The van der Waals surface area contributed by atoms with Gasteiger partial charge in [-0.05, 0) is 26.8 Å². The van der Waals surface area contributed by atoms with Gasteiger partial charge < -0.3 is 20.9 Å². The molecule has 2 rings (SSSR count). The number of carbonyl (C=O) groups excluding carboxylic acids is 2. The molecule has 1 aliphatic rings. The molecule has 0 spiro atoms. The number of hydrogen-bond donors (Lipinski definition) is 4. The molecule has 2 amide bonds. The van der Waals surface area contributed by atoms with Crippen LogP contribution in [0.5, 0.6) is 0 Å². The molecule has 0 saturated heterocycles. The number of hydrogen-bond acceptors (Lipinski definition) is 6. The second-order valence-electron chi connectivity index (χ2n) is 7.34. The summed E-state index contributed by atoms with van der Waals surface area (Å²) in [6.45, 7) is 10.3. The van der Waals surface area contributed by atoms with Crippen molar-refractivity contribution in [1.82, 2.24) is 16.0 Å². The highest BCUT2D eigenvalue weighted by Gasteiger charge is 2.30. The molecule has 2 atom stereocenters. The van der Waals surface area contributed by atoms with Crippen LogP contribution in [0.2, 0.25) is 0 Å². The Morgan fingerprint density at radius 3 is 2.70 bits per heavy atom. The zero-order chi connectivity index (χ0) is 22.3. The van der Waals surface area contributed by atoms with Crippen molar-refractivity contribution in [3.8, 4) is 0 Å². The maximum atomic E-state index is 12.7. The molecule has 1 saturated carbocycles. The van der Waals surface area contributed by atoms with Gasteiger partial charge in [-0.15, -0.1) is 30.5 Å². The Morgan fingerprint density at radius 1 is 1.43 bits per heavy atom. The van der Waals surface area contributed by atoms with E-state index in [1.807, 2.05) is 31.3 Å². The van der Waals surface area contributed by atoms with E-state index in [-0.39, 0.29) is 35.1 Å². The standard InChI is InChI=1S/C21H31N5O2S2/c1-6-8-17(24-21(29)25-18(27)14-9-10-14)26(5)20-15(7-2)16(12-30-20)19(28)23-13(3)11-22-4/h6-7,12-14,17,22H,1-2,8-11H2,3-5H3,(H,23,28)(H2,24,25,27,29). The quantitative estimate of drug-likeness (QED) is 0.181. The van der Waals surface area contributed by atoms with Gasteiger partial charge in [0.05, 0.1) is 5.56 Å². The van der Waals surface area contributed by atoms with Crippen molar-refractivity contribution in [2.45, 2.75) is 38.4 Å². The van der Waals surface area contributed by atoms with E-state index in [2.05, 4.69) is 46.7 Å². The molecule has 3 N–H and O–H groups in total. The average Bonchev–Trinajstić information content (AvgIpc) is 3.45. The largest absolute Gasteiger partial charge is 0.348 e. The van der Waals surface area contributed by atoms with Crippen LogP contribution in [0, 0.1) is 5.92 Å². The SMILES string of the molecule is C=CCC(N=C(S)NC(=O)C1CC1)N(C)c1scc(C(=O)NC(C)CNC)c1C=C. The van der Waals surface area contributed by atoms with Gasteiger partial charge >= 0.3 is 0 Å². The van der Waals surface area contributed by atoms with E-state index in [9.17, 15) is 9.59 Å². The van der Waals surface area contributed by atoms with Crippen LogP contribution in [0.15, 0.2) is 29.6 Å². The van der Waals surface area contributed by atoms with Crippen LogP contribution < -0.4 is 20.9 Å². The first kappa shape index (κ1) is 24.2. The Labute approximate surface area is 188 Å². The van der Waals surface area contributed by atoms with E-state index in [0.29, 0.717) is 18.5 Å². The molecule has 1 fully saturated rings. The summed E-state index contributed by atoms with van der Waals surface area (Å²) in [6.07, 6.45) is 5.51. The van der Waals surface area contributed by atoms with Crippen LogP contribution in [-0.4, -0.2) is 49.8 Å². The fourth-order valence-corrected chi connectivity index (χ4v) is 4.29. The molecular weight excluding hydrogens is 418 g/mol. The molecule has 1 aromatic heterocycles. The molecule has 0 aromatic carbocycles. The number of anilines is 1. The van der Waals surface area contributed by atoms with Gasteiger partial charge in [0.1, 0.15) is 11.2 Å². The molecular formula is C21H31N5O2S2. The van der Waals surface area contributed by atoms with E-state index in [0.717, 1.165) is 23.4 Å². The Kier molecular flexibility index (Phi) is 9.13. The zero-order valence-corrected chi connectivity index (χ0v) is 19.5. The summed E-state index contributed by atoms with van der Waals surface area (Å²) in [5.41, 5.74) is 1.33. The lowest BCUT2D eigenvalue weighted by Crippen LogP contribution is -2.39. The number of thiol groups is 1. The summed E-state index contributed by atoms with van der Waals surface area (Å²) in [4.78, 5) is 31.2. The second-order valence-corrected chi connectivity index (χ2v) is 8.62. The molecule has 1 aliphatic carbocycles. The van der Waals surface area contributed by atoms with Crippen molar-refractivity contribution in [1.29, 1.82) is 0 Å². The van der Waals surface area contributed by atoms with Gasteiger partial charge in [0.15, 0.2) is 5.17 Å². The third kappa shape index (κ3) is 6.45. The number of likely N-dealkylation sites (N-methyl/N-ethyl adjacent to an activating group) is 1. The highest BCUT2D eigenvalue weighted by molar-refractivity contribution is 7.96. The molecule has 1 heterocycles. The summed E-state index contributed by atoms with van der Waals surface area (Å²) in [5.74, 6) is -0.103. The summed E-state index contributed by atoms with van der Waals surface area (Å²) >= 11 is 5.80. The minimum atomic E-state index is -0.328. The number of carbonyl (C=O) groups is 2. The fourth-order valence-electron chi connectivity index (χ4n) is 2.97. The lowest BCUT2D eigenvalue weighted by Gasteiger charge is -2.26.